The summed E-state index contributed by atoms with van der Waals surface area (Å²) in [6.45, 7) is 1.85. The molecule has 0 atom stereocenters. The molecule has 13 nitrogen and oxygen atoms in total. The maximum atomic E-state index is 12.9. The highest BCUT2D eigenvalue weighted by atomic mass is 32.2. The van der Waals surface area contributed by atoms with Gasteiger partial charge in [0.25, 0.3) is 5.91 Å². The van der Waals surface area contributed by atoms with Crippen LogP contribution in [0.15, 0.2) is 51.5 Å². The number of rotatable bonds is 9. The van der Waals surface area contributed by atoms with Gasteiger partial charge in [-0.3, -0.25) is 4.79 Å². The van der Waals surface area contributed by atoms with Crippen LogP contribution in [0.25, 0.3) is 5.82 Å². The van der Waals surface area contributed by atoms with Crippen LogP contribution in [0.5, 0.6) is 0 Å². The molecule has 0 fully saturated rings. The molecule has 0 bridgehead atoms. The largest absolute Gasteiger partial charge is 0.378 e. The Bertz CT molecular complexity index is 1260. The lowest BCUT2D eigenvalue weighted by atomic mass is 10.1. The van der Waals surface area contributed by atoms with Gasteiger partial charge in [0, 0.05) is 18.5 Å². The third-order valence-corrected chi connectivity index (χ3v) is 5.69. The summed E-state index contributed by atoms with van der Waals surface area (Å²) < 4.78 is 7.74. The molecule has 33 heavy (non-hydrogen) atoms. The molecule has 0 aliphatic heterocycles. The molecule has 1 amide bonds. The van der Waals surface area contributed by atoms with Crippen molar-refractivity contribution in [3.05, 3.63) is 53.6 Å². The van der Waals surface area contributed by atoms with Crippen LogP contribution >= 0.6 is 11.8 Å². The Morgan fingerprint density at radius 3 is 2.76 bits per heavy atom. The molecule has 3 N–H and O–H groups in total. The van der Waals surface area contributed by atoms with E-state index >= 15 is 0 Å². The molecule has 0 aliphatic rings. The molecule has 3 aromatic heterocycles. The van der Waals surface area contributed by atoms with Gasteiger partial charge in [-0.1, -0.05) is 47.3 Å². The summed E-state index contributed by atoms with van der Waals surface area (Å²) in [5, 5.41) is 28.1. The molecule has 0 saturated heterocycles. The minimum atomic E-state index is -0.510. The van der Waals surface area contributed by atoms with E-state index in [0.29, 0.717) is 17.3 Å². The number of nitrogens with two attached hydrogens (primary N) is 1. The summed E-state index contributed by atoms with van der Waals surface area (Å²) in [7, 11) is 1.82. The van der Waals surface area contributed by atoms with Crippen molar-refractivity contribution in [2.45, 2.75) is 30.7 Å². The summed E-state index contributed by atoms with van der Waals surface area (Å²) in [6.07, 6.45) is 3.10. The molecule has 0 saturated carbocycles. The summed E-state index contributed by atoms with van der Waals surface area (Å²) in [6, 6.07) is 10.1. The van der Waals surface area contributed by atoms with Crippen molar-refractivity contribution in [2.24, 2.45) is 12.1 Å². The number of anilines is 1. The predicted octanol–water partition coefficient (Wildman–Crippen LogP) is 1.39. The zero-order valence-electron chi connectivity index (χ0n) is 17.9. The van der Waals surface area contributed by atoms with Gasteiger partial charge in [-0.25, -0.2) is 10.1 Å². The number of carbonyl (C=O) groups is 1. The average Bonchev–Trinajstić information content (AvgIpc) is 3.54. The average molecular weight is 468 g/mol. The lowest BCUT2D eigenvalue weighted by Gasteiger charge is -2.06. The van der Waals surface area contributed by atoms with E-state index in [9.17, 15) is 4.79 Å². The van der Waals surface area contributed by atoms with Crippen LogP contribution in [0.4, 0.5) is 5.82 Å². The number of hydrazone groups is 1. The quantitative estimate of drug-likeness (QED) is 0.208. The standard InChI is InChI=1S/C19H21N11O2S/c1-12(8-9-13-6-4-3-5-7-13)22-24-18(31)15-14(10-33-19-25-21-11-29(19)2)30(28-23-15)17-16(20)26-32-27-17/h3-7,11H,8-10H2,1-2H3,(H2,20,26)(H,24,31)/b22-12+. The molecule has 0 spiro atoms. The first kappa shape index (κ1) is 22.1. The fourth-order valence-electron chi connectivity index (χ4n) is 2.88. The number of aromatic nitrogens is 8. The molecule has 0 aliphatic carbocycles. The number of nitrogens with zero attached hydrogens (tertiary/aromatic N) is 9. The molecule has 0 radical (unpaired) electrons. The van der Waals surface area contributed by atoms with Gasteiger partial charge >= 0.3 is 0 Å². The van der Waals surface area contributed by atoms with Crippen molar-refractivity contribution in [2.75, 3.05) is 5.73 Å². The monoisotopic (exact) mass is 467 g/mol. The Hall–Kier alpha value is -4.07. The normalized spacial score (nSPS) is 11.6. The number of aryl methyl sites for hydroxylation is 2. The molecule has 3 heterocycles. The topological polar surface area (TPSA) is 168 Å². The van der Waals surface area contributed by atoms with E-state index in [1.807, 2.05) is 32.2 Å². The molecule has 1 aromatic carbocycles. The Morgan fingerprint density at radius 2 is 2.06 bits per heavy atom. The third kappa shape index (κ3) is 5.23. The van der Waals surface area contributed by atoms with Crippen molar-refractivity contribution in [1.29, 1.82) is 0 Å². The zero-order chi connectivity index (χ0) is 23.2. The minimum Gasteiger partial charge on any atom is -0.378 e. The second kappa shape index (κ2) is 10.0. The zero-order valence-corrected chi connectivity index (χ0v) is 18.7. The first-order valence-corrected chi connectivity index (χ1v) is 10.9. The molecular weight excluding hydrogens is 446 g/mol. The van der Waals surface area contributed by atoms with Crippen LogP contribution < -0.4 is 11.2 Å². The summed E-state index contributed by atoms with van der Waals surface area (Å²) in [5.74, 6) is -0.0706. The van der Waals surface area contributed by atoms with Crippen molar-refractivity contribution in [3.63, 3.8) is 0 Å². The molecule has 4 rings (SSSR count). The van der Waals surface area contributed by atoms with E-state index in [0.717, 1.165) is 12.1 Å². The Morgan fingerprint density at radius 1 is 1.24 bits per heavy atom. The van der Waals surface area contributed by atoms with Crippen LogP contribution in [-0.2, 0) is 19.2 Å². The van der Waals surface area contributed by atoms with Crippen LogP contribution in [0.1, 0.15) is 35.1 Å². The number of amides is 1. The molecular formula is C19H21N11O2S. The van der Waals surface area contributed by atoms with E-state index in [-0.39, 0.29) is 23.1 Å². The van der Waals surface area contributed by atoms with Crippen LogP contribution in [0, 0.1) is 0 Å². The smallest absolute Gasteiger partial charge is 0.293 e. The van der Waals surface area contributed by atoms with Gasteiger partial charge in [-0.05, 0) is 35.6 Å². The van der Waals surface area contributed by atoms with Gasteiger partial charge in [0.15, 0.2) is 10.9 Å². The molecule has 4 aromatic rings. The SMILES string of the molecule is C/C(CCc1ccccc1)=N\NC(=O)c1nnn(-c2nonc2N)c1CSc1nncn1C. The maximum Gasteiger partial charge on any atom is 0.293 e. The number of benzene rings is 1. The second-order valence-corrected chi connectivity index (χ2v) is 8.00. The van der Waals surface area contributed by atoms with Gasteiger partial charge in [-0.2, -0.15) is 9.78 Å². The summed E-state index contributed by atoms with van der Waals surface area (Å²) >= 11 is 1.34. The first-order valence-electron chi connectivity index (χ1n) is 9.90. The highest BCUT2D eigenvalue weighted by Gasteiger charge is 2.24. The fourth-order valence-corrected chi connectivity index (χ4v) is 3.76. The number of hydrogen-bond acceptors (Lipinski definition) is 11. The van der Waals surface area contributed by atoms with E-state index in [1.54, 1.807) is 10.9 Å². The van der Waals surface area contributed by atoms with Crippen molar-refractivity contribution >= 4 is 29.2 Å². The second-order valence-electron chi connectivity index (χ2n) is 7.06. The summed E-state index contributed by atoms with van der Waals surface area (Å²) in [4.78, 5) is 12.9. The highest BCUT2D eigenvalue weighted by molar-refractivity contribution is 7.98. The van der Waals surface area contributed by atoms with Crippen LogP contribution in [-0.4, -0.2) is 51.7 Å². The van der Waals surface area contributed by atoms with Crippen molar-refractivity contribution in [1.82, 2.24) is 45.5 Å². The van der Waals surface area contributed by atoms with E-state index in [2.05, 4.69) is 58.1 Å². The van der Waals surface area contributed by atoms with E-state index in [1.165, 1.54) is 22.0 Å². The Labute approximate surface area is 192 Å². The van der Waals surface area contributed by atoms with Gasteiger partial charge in [-0.15, -0.1) is 15.3 Å². The van der Waals surface area contributed by atoms with Crippen molar-refractivity contribution < 1.29 is 9.42 Å². The molecule has 170 valence electrons. The predicted molar refractivity (Wildman–Crippen MR) is 120 cm³/mol. The minimum absolute atomic E-state index is 0.0199. The maximum absolute atomic E-state index is 12.9. The van der Waals surface area contributed by atoms with E-state index in [4.69, 9.17) is 5.73 Å². The van der Waals surface area contributed by atoms with Gasteiger partial charge < -0.3 is 10.3 Å². The van der Waals surface area contributed by atoms with Crippen molar-refractivity contribution in [3.8, 4) is 5.82 Å². The van der Waals surface area contributed by atoms with Gasteiger partial charge in [0.1, 0.15) is 6.33 Å². The fraction of sp³-hybridized carbons (Fsp3) is 0.263. The number of thioether (sulfide) groups is 1. The van der Waals surface area contributed by atoms with Crippen LogP contribution in [0.3, 0.4) is 0 Å². The number of nitrogens with one attached hydrogen (secondary N) is 1. The third-order valence-electron chi connectivity index (χ3n) is 4.65. The Balaban J connectivity index is 1.50. The summed E-state index contributed by atoms with van der Waals surface area (Å²) in [5.41, 5.74) is 10.8. The van der Waals surface area contributed by atoms with E-state index < -0.39 is 5.91 Å². The lowest BCUT2D eigenvalue weighted by Crippen LogP contribution is -2.21. The van der Waals surface area contributed by atoms with Gasteiger partial charge in [0.2, 0.25) is 11.6 Å². The lowest BCUT2D eigenvalue weighted by molar-refractivity contribution is 0.0949. The highest BCUT2D eigenvalue weighted by Crippen LogP contribution is 2.24. The number of carbonyl (C=O) groups excluding carboxylic acids is 1. The molecule has 14 heteroatoms. The number of nitrogen functional groups attached to an aromatic ring is 1. The van der Waals surface area contributed by atoms with Crippen LogP contribution in [0.2, 0.25) is 0 Å². The number of hydrogen-bond donors (Lipinski definition) is 2. The Kier molecular flexibility index (Phi) is 6.73. The van der Waals surface area contributed by atoms with Gasteiger partial charge in [0.05, 0.1) is 5.69 Å². The molecule has 0 unspecified atom stereocenters. The first-order chi connectivity index (χ1) is 16.0.